The van der Waals surface area contributed by atoms with Crippen molar-refractivity contribution < 1.29 is 13.6 Å². The van der Waals surface area contributed by atoms with E-state index in [-0.39, 0.29) is 16.4 Å². The maximum atomic E-state index is 13.0. The van der Waals surface area contributed by atoms with Crippen LogP contribution in [0.2, 0.25) is 0 Å². The second-order valence-electron chi connectivity index (χ2n) is 3.43. The van der Waals surface area contributed by atoms with E-state index < -0.39 is 17.5 Å². The van der Waals surface area contributed by atoms with Gasteiger partial charge in [-0.15, -0.1) is 10.2 Å². The van der Waals surface area contributed by atoms with Crippen molar-refractivity contribution in [3.63, 3.8) is 0 Å². The average Bonchev–Trinajstić information content (AvgIpc) is 2.69. The maximum absolute atomic E-state index is 13.0. The quantitative estimate of drug-likeness (QED) is 0.817. The molecule has 1 heterocycles. The summed E-state index contributed by atoms with van der Waals surface area (Å²) >= 11 is 1.16. The Morgan fingerprint density at radius 2 is 2.00 bits per heavy atom. The van der Waals surface area contributed by atoms with Gasteiger partial charge in [-0.1, -0.05) is 11.3 Å². The van der Waals surface area contributed by atoms with Crippen LogP contribution in [0, 0.1) is 18.6 Å². The lowest BCUT2D eigenvalue weighted by Crippen LogP contribution is -2.14. The first kappa shape index (κ1) is 12.4. The molecule has 0 atom stereocenters. The highest BCUT2D eigenvalue weighted by atomic mass is 32.1. The van der Waals surface area contributed by atoms with Crippen molar-refractivity contribution in [1.29, 1.82) is 0 Å². The number of aromatic nitrogens is 2. The standard InChI is InChI=1S/C10H8F2N4OS/c1-4-15-16-10(18-4)14-9(17)5-2-6(11)7(12)3-8(5)13/h2-3H,13H2,1H3,(H,14,16,17). The molecular weight excluding hydrogens is 262 g/mol. The van der Waals surface area contributed by atoms with Gasteiger partial charge in [0.1, 0.15) is 5.01 Å². The van der Waals surface area contributed by atoms with Crippen LogP contribution in [-0.4, -0.2) is 16.1 Å². The number of amides is 1. The molecule has 0 aliphatic carbocycles. The van der Waals surface area contributed by atoms with Crippen LogP contribution in [0.5, 0.6) is 0 Å². The Kier molecular flexibility index (Phi) is 3.19. The summed E-state index contributed by atoms with van der Waals surface area (Å²) in [4.78, 5) is 11.8. The molecule has 1 aromatic carbocycles. The Morgan fingerprint density at radius 3 is 2.61 bits per heavy atom. The zero-order valence-electron chi connectivity index (χ0n) is 9.20. The molecule has 2 rings (SSSR count). The summed E-state index contributed by atoms with van der Waals surface area (Å²) < 4.78 is 25.9. The van der Waals surface area contributed by atoms with Gasteiger partial charge in [0.25, 0.3) is 5.91 Å². The number of nitrogens with two attached hydrogens (primary N) is 1. The number of benzene rings is 1. The summed E-state index contributed by atoms with van der Waals surface area (Å²) in [6.45, 7) is 1.72. The van der Waals surface area contributed by atoms with Crippen LogP contribution in [0.15, 0.2) is 12.1 Å². The molecule has 0 unspecified atom stereocenters. The molecule has 5 nitrogen and oxygen atoms in total. The van der Waals surface area contributed by atoms with Crippen LogP contribution in [0.3, 0.4) is 0 Å². The Bertz CT molecular complexity index is 614. The van der Waals surface area contributed by atoms with Gasteiger partial charge in [0.2, 0.25) is 5.13 Å². The van der Waals surface area contributed by atoms with Gasteiger partial charge >= 0.3 is 0 Å². The zero-order chi connectivity index (χ0) is 13.3. The van der Waals surface area contributed by atoms with Crippen LogP contribution in [0.25, 0.3) is 0 Å². The van der Waals surface area contributed by atoms with Gasteiger partial charge in [0.05, 0.1) is 5.56 Å². The monoisotopic (exact) mass is 270 g/mol. The highest BCUT2D eigenvalue weighted by Gasteiger charge is 2.15. The van der Waals surface area contributed by atoms with E-state index in [1.54, 1.807) is 6.92 Å². The number of rotatable bonds is 2. The number of carbonyl (C=O) groups is 1. The molecule has 18 heavy (non-hydrogen) atoms. The van der Waals surface area contributed by atoms with Crippen LogP contribution in [-0.2, 0) is 0 Å². The van der Waals surface area contributed by atoms with Gasteiger partial charge in [-0.05, 0) is 13.0 Å². The largest absolute Gasteiger partial charge is 0.398 e. The number of halogens is 2. The summed E-state index contributed by atoms with van der Waals surface area (Å²) in [6, 6.07) is 1.50. The van der Waals surface area contributed by atoms with Crippen LogP contribution >= 0.6 is 11.3 Å². The highest BCUT2D eigenvalue weighted by Crippen LogP contribution is 2.20. The van der Waals surface area contributed by atoms with Crippen molar-refractivity contribution in [2.75, 3.05) is 11.1 Å². The Labute approximate surface area is 105 Å². The lowest BCUT2D eigenvalue weighted by atomic mass is 10.1. The minimum absolute atomic E-state index is 0.146. The minimum Gasteiger partial charge on any atom is -0.398 e. The predicted octanol–water partition coefficient (Wildman–Crippen LogP) is 1.96. The number of hydrogen-bond acceptors (Lipinski definition) is 5. The summed E-state index contributed by atoms with van der Waals surface area (Å²) in [7, 11) is 0. The summed E-state index contributed by atoms with van der Waals surface area (Å²) in [5.41, 5.74) is 5.15. The first-order valence-corrected chi connectivity index (χ1v) is 5.65. The normalized spacial score (nSPS) is 10.4. The lowest BCUT2D eigenvalue weighted by molar-refractivity contribution is 0.102. The van der Waals surface area contributed by atoms with Gasteiger partial charge in [0.15, 0.2) is 11.6 Å². The molecular formula is C10H8F2N4OS. The van der Waals surface area contributed by atoms with E-state index in [4.69, 9.17) is 5.73 Å². The van der Waals surface area contributed by atoms with Gasteiger partial charge in [-0.25, -0.2) is 8.78 Å². The molecule has 94 valence electrons. The molecule has 3 N–H and O–H groups in total. The third-order valence-electron chi connectivity index (χ3n) is 2.08. The lowest BCUT2D eigenvalue weighted by Gasteiger charge is -2.05. The number of aryl methyl sites for hydroxylation is 1. The molecule has 0 radical (unpaired) electrons. The molecule has 0 aliphatic rings. The zero-order valence-corrected chi connectivity index (χ0v) is 10.0. The van der Waals surface area contributed by atoms with Crippen molar-refractivity contribution in [2.24, 2.45) is 0 Å². The van der Waals surface area contributed by atoms with Gasteiger partial charge < -0.3 is 5.73 Å². The molecule has 0 saturated heterocycles. The van der Waals surface area contributed by atoms with E-state index in [1.165, 1.54) is 0 Å². The number of carbonyl (C=O) groups excluding carboxylic acids is 1. The second-order valence-corrected chi connectivity index (χ2v) is 4.62. The number of hydrogen-bond donors (Lipinski definition) is 2. The van der Waals surface area contributed by atoms with Gasteiger partial charge in [-0.3, -0.25) is 10.1 Å². The van der Waals surface area contributed by atoms with Gasteiger partial charge in [-0.2, -0.15) is 0 Å². The first-order chi connectivity index (χ1) is 8.47. The van der Waals surface area contributed by atoms with Crippen molar-refractivity contribution in [3.8, 4) is 0 Å². The molecule has 0 aliphatic heterocycles. The fourth-order valence-corrected chi connectivity index (χ4v) is 1.86. The Morgan fingerprint density at radius 1 is 1.33 bits per heavy atom. The van der Waals surface area contributed by atoms with E-state index in [9.17, 15) is 13.6 Å². The molecule has 1 aromatic heterocycles. The number of nitrogens with one attached hydrogen (secondary N) is 1. The fraction of sp³-hybridized carbons (Fsp3) is 0.100. The van der Waals surface area contributed by atoms with Crippen molar-refractivity contribution in [3.05, 3.63) is 34.3 Å². The number of nitrogen functional groups attached to an aromatic ring is 1. The topological polar surface area (TPSA) is 80.9 Å². The average molecular weight is 270 g/mol. The smallest absolute Gasteiger partial charge is 0.259 e. The van der Waals surface area contributed by atoms with Crippen LogP contribution < -0.4 is 11.1 Å². The van der Waals surface area contributed by atoms with E-state index in [0.29, 0.717) is 5.01 Å². The molecule has 0 spiro atoms. The van der Waals surface area contributed by atoms with E-state index in [2.05, 4.69) is 15.5 Å². The number of nitrogens with zero attached hydrogens (tertiary/aromatic N) is 2. The molecule has 2 aromatic rings. The minimum atomic E-state index is -1.14. The van der Waals surface area contributed by atoms with Gasteiger partial charge in [0, 0.05) is 11.8 Å². The van der Waals surface area contributed by atoms with Crippen molar-refractivity contribution >= 4 is 28.1 Å². The summed E-state index contributed by atoms with van der Waals surface area (Å²) in [5, 5.41) is 10.7. The van der Waals surface area contributed by atoms with E-state index >= 15 is 0 Å². The third kappa shape index (κ3) is 2.43. The predicted molar refractivity (Wildman–Crippen MR) is 63.4 cm³/mol. The SMILES string of the molecule is Cc1nnc(NC(=O)c2cc(F)c(F)cc2N)s1. The Hall–Kier alpha value is -2.09. The molecule has 0 saturated carbocycles. The highest BCUT2D eigenvalue weighted by molar-refractivity contribution is 7.15. The van der Waals surface area contributed by atoms with E-state index in [1.807, 2.05) is 0 Å². The van der Waals surface area contributed by atoms with Crippen molar-refractivity contribution in [2.45, 2.75) is 6.92 Å². The van der Waals surface area contributed by atoms with Crippen LogP contribution in [0.1, 0.15) is 15.4 Å². The third-order valence-corrected chi connectivity index (χ3v) is 2.84. The first-order valence-electron chi connectivity index (χ1n) is 4.83. The second kappa shape index (κ2) is 4.65. The summed E-state index contributed by atoms with van der Waals surface area (Å²) in [5.74, 6) is -2.90. The molecule has 8 heteroatoms. The number of anilines is 2. The van der Waals surface area contributed by atoms with E-state index in [0.717, 1.165) is 23.5 Å². The molecule has 1 amide bonds. The van der Waals surface area contributed by atoms with Crippen molar-refractivity contribution in [1.82, 2.24) is 10.2 Å². The Balaban J connectivity index is 2.26. The molecule has 0 fully saturated rings. The van der Waals surface area contributed by atoms with Crippen LogP contribution in [0.4, 0.5) is 19.6 Å². The molecule has 0 bridgehead atoms. The summed E-state index contributed by atoms with van der Waals surface area (Å²) in [6.07, 6.45) is 0. The fourth-order valence-electron chi connectivity index (χ4n) is 1.27. The maximum Gasteiger partial charge on any atom is 0.259 e.